The van der Waals surface area contributed by atoms with Crippen LogP contribution in [-0.4, -0.2) is 12.6 Å². The Kier molecular flexibility index (Phi) is 7.03. The van der Waals surface area contributed by atoms with E-state index in [0.29, 0.717) is 25.3 Å². The van der Waals surface area contributed by atoms with Crippen molar-refractivity contribution in [3.05, 3.63) is 70.8 Å². The molecule has 0 bridgehead atoms. The summed E-state index contributed by atoms with van der Waals surface area (Å²) in [5, 5.41) is 5.26. The quantitative estimate of drug-likeness (QED) is 0.770. The SMILES string of the molecule is CCOCc1ccccc1CNC(=O)NCc1cccc(C(F)(F)F)c1. The van der Waals surface area contributed by atoms with Crippen LogP contribution in [0.15, 0.2) is 48.5 Å². The number of hydrogen-bond acceptors (Lipinski definition) is 2. The number of ether oxygens (including phenoxy) is 1. The summed E-state index contributed by atoms with van der Waals surface area (Å²) in [4.78, 5) is 11.9. The van der Waals surface area contributed by atoms with Crippen molar-refractivity contribution in [3.8, 4) is 0 Å². The number of halogens is 3. The summed E-state index contributed by atoms with van der Waals surface area (Å²) < 4.78 is 43.5. The Balaban J connectivity index is 1.87. The second kappa shape index (κ2) is 9.24. The minimum absolute atomic E-state index is 0.0103. The van der Waals surface area contributed by atoms with Crippen LogP contribution < -0.4 is 10.6 Å². The molecule has 26 heavy (non-hydrogen) atoms. The van der Waals surface area contributed by atoms with Gasteiger partial charge in [-0.2, -0.15) is 13.2 Å². The van der Waals surface area contributed by atoms with E-state index >= 15 is 0 Å². The van der Waals surface area contributed by atoms with Gasteiger partial charge < -0.3 is 15.4 Å². The summed E-state index contributed by atoms with van der Waals surface area (Å²) >= 11 is 0. The zero-order valence-electron chi connectivity index (χ0n) is 14.4. The summed E-state index contributed by atoms with van der Waals surface area (Å²) in [7, 11) is 0. The van der Waals surface area contributed by atoms with E-state index in [9.17, 15) is 18.0 Å². The average molecular weight is 366 g/mol. The van der Waals surface area contributed by atoms with E-state index in [0.717, 1.165) is 23.3 Å². The van der Waals surface area contributed by atoms with Crippen molar-refractivity contribution in [3.63, 3.8) is 0 Å². The first-order valence-electron chi connectivity index (χ1n) is 8.22. The summed E-state index contributed by atoms with van der Waals surface area (Å²) in [6.07, 6.45) is -4.40. The Morgan fingerprint density at radius 3 is 2.38 bits per heavy atom. The van der Waals surface area contributed by atoms with Crippen LogP contribution in [0, 0.1) is 0 Å². The largest absolute Gasteiger partial charge is 0.416 e. The van der Waals surface area contributed by atoms with Crippen LogP contribution in [0.25, 0.3) is 0 Å². The standard InChI is InChI=1S/C19H21F3N2O2/c1-2-26-13-16-8-4-3-7-15(16)12-24-18(25)23-11-14-6-5-9-17(10-14)19(20,21)22/h3-10H,2,11-13H2,1H3,(H2,23,24,25). The Morgan fingerprint density at radius 1 is 1.00 bits per heavy atom. The molecule has 0 aromatic heterocycles. The van der Waals surface area contributed by atoms with E-state index in [2.05, 4.69) is 10.6 Å². The zero-order chi connectivity index (χ0) is 19.0. The van der Waals surface area contributed by atoms with Crippen molar-refractivity contribution < 1.29 is 22.7 Å². The van der Waals surface area contributed by atoms with Gasteiger partial charge in [-0.15, -0.1) is 0 Å². The van der Waals surface area contributed by atoms with Gasteiger partial charge >= 0.3 is 12.2 Å². The molecule has 7 heteroatoms. The van der Waals surface area contributed by atoms with Crippen LogP contribution in [0.5, 0.6) is 0 Å². The molecule has 0 saturated heterocycles. The first-order chi connectivity index (χ1) is 12.4. The fraction of sp³-hybridized carbons (Fsp3) is 0.316. The molecule has 0 fully saturated rings. The molecule has 0 unspecified atom stereocenters. The van der Waals surface area contributed by atoms with Gasteiger partial charge in [0.1, 0.15) is 0 Å². The van der Waals surface area contributed by atoms with Crippen molar-refractivity contribution in [2.24, 2.45) is 0 Å². The molecule has 2 N–H and O–H groups in total. The van der Waals surface area contributed by atoms with Gasteiger partial charge in [0.15, 0.2) is 0 Å². The summed E-state index contributed by atoms with van der Waals surface area (Å²) in [5.41, 5.74) is 1.55. The second-order valence-corrected chi connectivity index (χ2v) is 5.64. The number of nitrogens with one attached hydrogen (secondary N) is 2. The minimum atomic E-state index is -4.40. The first-order valence-corrected chi connectivity index (χ1v) is 8.22. The zero-order valence-corrected chi connectivity index (χ0v) is 14.4. The molecular weight excluding hydrogens is 345 g/mol. The maximum atomic E-state index is 12.7. The molecule has 0 spiro atoms. The lowest BCUT2D eigenvalue weighted by Gasteiger charge is -2.12. The van der Waals surface area contributed by atoms with Crippen LogP contribution >= 0.6 is 0 Å². The first kappa shape index (κ1) is 19.8. The highest BCUT2D eigenvalue weighted by atomic mass is 19.4. The number of amides is 2. The Morgan fingerprint density at radius 2 is 1.69 bits per heavy atom. The van der Waals surface area contributed by atoms with Crippen molar-refractivity contribution >= 4 is 6.03 Å². The van der Waals surface area contributed by atoms with Gasteiger partial charge in [-0.1, -0.05) is 36.4 Å². The summed E-state index contributed by atoms with van der Waals surface area (Å²) in [5.74, 6) is 0. The highest BCUT2D eigenvalue weighted by Gasteiger charge is 2.30. The van der Waals surface area contributed by atoms with Gasteiger partial charge in [0.25, 0.3) is 0 Å². The molecule has 2 aromatic rings. The maximum Gasteiger partial charge on any atom is 0.416 e. The predicted molar refractivity (Wildman–Crippen MR) is 92.3 cm³/mol. The fourth-order valence-corrected chi connectivity index (χ4v) is 2.36. The lowest BCUT2D eigenvalue weighted by molar-refractivity contribution is -0.137. The van der Waals surface area contributed by atoms with Crippen molar-refractivity contribution in [1.29, 1.82) is 0 Å². The lowest BCUT2D eigenvalue weighted by atomic mass is 10.1. The number of benzene rings is 2. The van der Waals surface area contributed by atoms with Crippen LogP contribution in [-0.2, 0) is 30.6 Å². The molecule has 2 amide bonds. The summed E-state index contributed by atoms with van der Waals surface area (Å²) in [6, 6.07) is 12.0. The monoisotopic (exact) mass is 366 g/mol. The Labute approximate surface area is 150 Å². The molecule has 0 aliphatic heterocycles. The van der Waals surface area contributed by atoms with E-state index in [-0.39, 0.29) is 6.54 Å². The number of urea groups is 1. The smallest absolute Gasteiger partial charge is 0.377 e. The predicted octanol–water partition coefficient (Wildman–Crippen LogP) is 4.24. The Bertz CT molecular complexity index is 733. The van der Waals surface area contributed by atoms with Gasteiger partial charge in [-0.05, 0) is 35.7 Å². The molecule has 2 aromatic carbocycles. The van der Waals surface area contributed by atoms with E-state index in [1.165, 1.54) is 12.1 Å². The molecule has 0 atom stereocenters. The number of rotatable bonds is 7. The highest BCUT2D eigenvalue weighted by molar-refractivity contribution is 5.73. The van der Waals surface area contributed by atoms with Gasteiger partial charge in [0, 0.05) is 19.7 Å². The molecule has 0 radical (unpaired) electrons. The third-order valence-electron chi connectivity index (χ3n) is 3.73. The average Bonchev–Trinajstić information content (AvgIpc) is 2.63. The van der Waals surface area contributed by atoms with Crippen molar-refractivity contribution in [2.45, 2.75) is 32.8 Å². The molecule has 4 nitrogen and oxygen atoms in total. The number of carbonyl (C=O) groups excluding carboxylic acids is 1. The maximum absolute atomic E-state index is 12.7. The van der Waals surface area contributed by atoms with Crippen LogP contribution in [0.1, 0.15) is 29.2 Å². The van der Waals surface area contributed by atoms with Crippen molar-refractivity contribution in [1.82, 2.24) is 10.6 Å². The second-order valence-electron chi connectivity index (χ2n) is 5.64. The lowest BCUT2D eigenvalue weighted by Crippen LogP contribution is -2.34. The van der Waals surface area contributed by atoms with E-state index in [4.69, 9.17) is 4.74 Å². The van der Waals surface area contributed by atoms with E-state index in [1.807, 2.05) is 31.2 Å². The van der Waals surface area contributed by atoms with Gasteiger partial charge in [0.05, 0.1) is 12.2 Å². The molecule has 0 aliphatic rings. The van der Waals surface area contributed by atoms with Crippen LogP contribution in [0.2, 0.25) is 0 Å². The van der Waals surface area contributed by atoms with Crippen molar-refractivity contribution in [2.75, 3.05) is 6.61 Å². The van der Waals surface area contributed by atoms with E-state index in [1.54, 1.807) is 0 Å². The highest BCUT2D eigenvalue weighted by Crippen LogP contribution is 2.29. The third kappa shape index (κ3) is 6.07. The van der Waals surface area contributed by atoms with Crippen LogP contribution in [0.4, 0.5) is 18.0 Å². The normalized spacial score (nSPS) is 11.2. The van der Waals surface area contributed by atoms with Gasteiger partial charge in [-0.3, -0.25) is 0 Å². The summed E-state index contributed by atoms with van der Waals surface area (Å²) in [6.45, 7) is 3.27. The number of carbonyl (C=O) groups is 1. The fourth-order valence-electron chi connectivity index (χ4n) is 2.36. The molecule has 140 valence electrons. The molecule has 0 saturated carbocycles. The molecule has 2 rings (SSSR count). The van der Waals surface area contributed by atoms with E-state index < -0.39 is 17.8 Å². The topological polar surface area (TPSA) is 50.4 Å². The number of hydrogen-bond donors (Lipinski definition) is 2. The molecule has 0 aliphatic carbocycles. The molecular formula is C19H21F3N2O2. The van der Waals surface area contributed by atoms with Crippen LogP contribution in [0.3, 0.4) is 0 Å². The Hall–Kier alpha value is -2.54. The van der Waals surface area contributed by atoms with Gasteiger partial charge in [-0.25, -0.2) is 4.79 Å². The molecule has 0 heterocycles. The third-order valence-corrected chi connectivity index (χ3v) is 3.73. The van der Waals surface area contributed by atoms with Gasteiger partial charge in [0.2, 0.25) is 0 Å². The minimum Gasteiger partial charge on any atom is -0.377 e. The number of alkyl halides is 3.